The van der Waals surface area contributed by atoms with Crippen molar-refractivity contribution in [2.75, 3.05) is 6.61 Å². The van der Waals surface area contributed by atoms with E-state index in [-0.39, 0.29) is 11.3 Å². The van der Waals surface area contributed by atoms with E-state index in [0.29, 0.717) is 11.6 Å². The van der Waals surface area contributed by atoms with Crippen molar-refractivity contribution in [1.29, 1.82) is 0 Å². The molecule has 1 unspecified atom stereocenters. The Morgan fingerprint density at radius 1 is 1.50 bits per heavy atom. The van der Waals surface area contributed by atoms with Crippen molar-refractivity contribution in [2.45, 2.75) is 38.2 Å². The van der Waals surface area contributed by atoms with Gasteiger partial charge in [-0.1, -0.05) is 0 Å². The van der Waals surface area contributed by atoms with E-state index >= 15 is 0 Å². The summed E-state index contributed by atoms with van der Waals surface area (Å²) in [7, 11) is 0. The molecule has 2 aromatic rings. The van der Waals surface area contributed by atoms with Crippen LogP contribution < -0.4 is 0 Å². The number of aromatic amines is 1. The summed E-state index contributed by atoms with van der Waals surface area (Å²) in [5.74, 6) is -0.546. The standard InChI is InChI=1S/C15H18N2O3/c1-15(2)7-9(3-4-20-15)11-5-10-6-12(14(18)19)17-13(10)16-8-11/h5-6,8-9H,3-4,7H2,1-2H3,(H,16,17)(H,18,19). The van der Waals surface area contributed by atoms with Crippen LogP contribution in [-0.4, -0.2) is 33.3 Å². The summed E-state index contributed by atoms with van der Waals surface area (Å²) in [4.78, 5) is 18.1. The van der Waals surface area contributed by atoms with Crippen LogP contribution in [0.4, 0.5) is 0 Å². The molecule has 5 heteroatoms. The maximum absolute atomic E-state index is 11.0. The number of hydrogen-bond acceptors (Lipinski definition) is 3. The molecule has 3 heterocycles. The van der Waals surface area contributed by atoms with Crippen LogP contribution in [0.25, 0.3) is 11.0 Å². The molecule has 106 valence electrons. The van der Waals surface area contributed by atoms with Crippen LogP contribution in [-0.2, 0) is 4.74 Å². The van der Waals surface area contributed by atoms with Gasteiger partial charge in [0, 0.05) is 18.2 Å². The normalized spacial score (nSPS) is 22.0. The van der Waals surface area contributed by atoms with E-state index in [9.17, 15) is 4.79 Å². The number of H-pyrrole nitrogens is 1. The number of hydrogen-bond donors (Lipinski definition) is 2. The number of rotatable bonds is 2. The van der Waals surface area contributed by atoms with E-state index in [2.05, 4.69) is 23.8 Å². The zero-order valence-electron chi connectivity index (χ0n) is 11.6. The number of nitrogens with zero attached hydrogens (tertiary/aromatic N) is 1. The molecule has 1 aliphatic heterocycles. The highest BCUT2D eigenvalue weighted by atomic mass is 16.5. The molecular formula is C15H18N2O3. The summed E-state index contributed by atoms with van der Waals surface area (Å²) in [6.45, 7) is 4.96. The minimum atomic E-state index is -0.961. The number of fused-ring (bicyclic) bond motifs is 1. The number of carboxylic acids is 1. The van der Waals surface area contributed by atoms with Gasteiger partial charge in [0.2, 0.25) is 0 Å². The number of carboxylic acid groups (broad SMARTS) is 1. The molecule has 0 spiro atoms. The van der Waals surface area contributed by atoms with E-state index < -0.39 is 5.97 Å². The van der Waals surface area contributed by atoms with Crippen LogP contribution in [0.15, 0.2) is 18.3 Å². The average molecular weight is 274 g/mol. The lowest BCUT2D eigenvalue weighted by Gasteiger charge is -2.35. The molecule has 1 saturated heterocycles. The molecule has 2 N–H and O–H groups in total. The molecule has 0 radical (unpaired) electrons. The van der Waals surface area contributed by atoms with Crippen molar-refractivity contribution < 1.29 is 14.6 Å². The first kappa shape index (κ1) is 13.1. The monoisotopic (exact) mass is 274 g/mol. The van der Waals surface area contributed by atoms with Crippen molar-refractivity contribution in [3.05, 3.63) is 29.6 Å². The van der Waals surface area contributed by atoms with Gasteiger partial charge in [-0.15, -0.1) is 0 Å². The molecule has 1 aliphatic rings. The van der Waals surface area contributed by atoms with E-state index in [1.54, 1.807) is 6.07 Å². The van der Waals surface area contributed by atoms with Crippen LogP contribution in [0.3, 0.4) is 0 Å². The fourth-order valence-corrected chi connectivity index (χ4v) is 2.89. The molecule has 0 saturated carbocycles. The summed E-state index contributed by atoms with van der Waals surface area (Å²) >= 11 is 0. The first-order valence-electron chi connectivity index (χ1n) is 6.80. The molecular weight excluding hydrogens is 256 g/mol. The minimum absolute atomic E-state index is 0.109. The lowest BCUT2D eigenvalue weighted by atomic mass is 9.84. The summed E-state index contributed by atoms with van der Waals surface area (Å²) in [6.07, 6.45) is 3.78. The zero-order valence-corrected chi connectivity index (χ0v) is 11.6. The second-order valence-electron chi connectivity index (χ2n) is 5.99. The predicted octanol–water partition coefficient (Wildman–Crippen LogP) is 2.93. The summed E-state index contributed by atoms with van der Waals surface area (Å²) in [6, 6.07) is 3.68. The molecule has 0 aliphatic carbocycles. The highest BCUT2D eigenvalue weighted by Gasteiger charge is 2.30. The van der Waals surface area contributed by atoms with E-state index in [1.165, 1.54) is 0 Å². The number of carbonyl (C=O) groups is 1. The third-order valence-corrected chi connectivity index (χ3v) is 3.89. The van der Waals surface area contributed by atoms with Gasteiger partial charge >= 0.3 is 5.97 Å². The van der Waals surface area contributed by atoms with Gasteiger partial charge in [-0.2, -0.15) is 0 Å². The van der Waals surface area contributed by atoms with E-state index in [0.717, 1.165) is 30.4 Å². The van der Waals surface area contributed by atoms with E-state index in [4.69, 9.17) is 9.84 Å². The van der Waals surface area contributed by atoms with Crippen LogP contribution in [0.2, 0.25) is 0 Å². The van der Waals surface area contributed by atoms with Gasteiger partial charge in [0.1, 0.15) is 11.3 Å². The highest BCUT2D eigenvalue weighted by molar-refractivity contribution is 5.92. The Labute approximate surface area is 117 Å². The fourth-order valence-electron chi connectivity index (χ4n) is 2.89. The van der Waals surface area contributed by atoms with Crippen molar-refractivity contribution in [3.8, 4) is 0 Å². The highest BCUT2D eigenvalue weighted by Crippen LogP contribution is 2.36. The second kappa shape index (κ2) is 4.59. The molecule has 2 aromatic heterocycles. The lowest BCUT2D eigenvalue weighted by molar-refractivity contribution is -0.0593. The lowest BCUT2D eigenvalue weighted by Crippen LogP contribution is -2.33. The Hall–Kier alpha value is -1.88. The Bertz CT molecular complexity index is 660. The smallest absolute Gasteiger partial charge is 0.352 e. The third kappa shape index (κ3) is 2.41. The first-order chi connectivity index (χ1) is 9.44. The van der Waals surface area contributed by atoms with Crippen molar-refractivity contribution >= 4 is 17.0 Å². The van der Waals surface area contributed by atoms with Gasteiger partial charge in [0.05, 0.1) is 5.60 Å². The second-order valence-corrected chi connectivity index (χ2v) is 5.99. The van der Waals surface area contributed by atoms with Gasteiger partial charge < -0.3 is 14.8 Å². The molecule has 0 aromatic carbocycles. The molecule has 20 heavy (non-hydrogen) atoms. The van der Waals surface area contributed by atoms with Gasteiger partial charge in [-0.05, 0) is 50.3 Å². The number of ether oxygens (including phenoxy) is 1. The number of nitrogens with one attached hydrogen (secondary N) is 1. The Morgan fingerprint density at radius 2 is 2.30 bits per heavy atom. The molecule has 5 nitrogen and oxygen atoms in total. The summed E-state index contributed by atoms with van der Waals surface area (Å²) < 4.78 is 5.74. The third-order valence-electron chi connectivity index (χ3n) is 3.89. The van der Waals surface area contributed by atoms with Crippen molar-refractivity contribution in [2.24, 2.45) is 0 Å². The average Bonchev–Trinajstić information content (AvgIpc) is 2.80. The molecule has 3 rings (SSSR count). The fraction of sp³-hybridized carbons (Fsp3) is 0.467. The predicted molar refractivity (Wildman–Crippen MR) is 75.1 cm³/mol. The number of aromatic nitrogens is 2. The molecule has 0 bridgehead atoms. The SMILES string of the molecule is CC1(C)CC(c2cnc3[nH]c(C(=O)O)cc3c2)CCO1. The summed E-state index contributed by atoms with van der Waals surface area (Å²) in [5.41, 5.74) is 1.85. The summed E-state index contributed by atoms with van der Waals surface area (Å²) in [5, 5.41) is 9.85. The molecule has 1 atom stereocenters. The largest absolute Gasteiger partial charge is 0.477 e. The zero-order chi connectivity index (χ0) is 14.3. The van der Waals surface area contributed by atoms with Crippen LogP contribution >= 0.6 is 0 Å². The maximum atomic E-state index is 11.0. The number of aromatic carboxylic acids is 1. The van der Waals surface area contributed by atoms with Crippen molar-refractivity contribution in [1.82, 2.24) is 9.97 Å². The Morgan fingerprint density at radius 3 is 3.00 bits per heavy atom. The first-order valence-corrected chi connectivity index (χ1v) is 6.80. The maximum Gasteiger partial charge on any atom is 0.352 e. The Kier molecular flexibility index (Phi) is 3.01. The van der Waals surface area contributed by atoms with E-state index in [1.807, 2.05) is 12.3 Å². The van der Waals surface area contributed by atoms with Crippen LogP contribution in [0, 0.1) is 0 Å². The molecule has 0 amide bonds. The van der Waals surface area contributed by atoms with Crippen LogP contribution in [0.1, 0.15) is 48.7 Å². The quantitative estimate of drug-likeness (QED) is 0.882. The van der Waals surface area contributed by atoms with Gasteiger partial charge in [0.15, 0.2) is 0 Å². The van der Waals surface area contributed by atoms with Gasteiger partial charge in [-0.25, -0.2) is 9.78 Å². The topological polar surface area (TPSA) is 75.2 Å². The van der Waals surface area contributed by atoms with Gasteiger partial charge in [0.25, 0.3) is 0 Å². The Balaban J connectivity index is 1.94. The number of pyridine rings is 1. The van der Waals surface area contributed by atoms with Crippen LogP contribution in [0.5, 0.6) is 0 Å². The minimum Gasteiger partial charge on any atom is -0.477 e. The molecule has 1 fully saturated rings. The van der Waals surface area contributed by atoms with Gasteiger partial charge in [-0.3, -0.25) is 0 Å². The van der Waals surface area contributed by atoms with Crippen molar-refractivity contribution in [3.63, 3.8) is 0 Å².